The molecule has 0 saturated heterocycles. The zero-order chi connectivity index (χ0) is 8.81. The first kappa shape index (κ1) is 9.56. The maximum absolute atomic E-state index is 5.35. The maximum atomic E-state index is 5.35. The normalized spacial score (nSPS) is 9.83. The average molecular weight is 227 g/mol. The summed E-state index contributed by atoms with van der Waals surface area (Å²) in [5.41, 5.74) is 0. The molecule has 0 N–H and O–H groups in total. The molecular formula is C8H10AsNO2. The Morgan fingerprint density at radius 3 is 3.00 bits per heavy atom. The van der Waals surface area contributed by atoms with Crippen LogP contribution in [0.4, 0.5) is 0 Å². The zero-order valence-corrected chi connectivity index (χ0v) is 8.73. The van der Waals surface area contributed by atoms with Gasteiger partial charge in [-0.15, -0.1) is 0 Å². The molecule has 0 aliphatic rings. The minimum absolute atomic E-state index is 0.576. The fourth-order valence-electron chi connectivity index (χ4n) is 0.732. The van der Waals surface area contributed by atoms with Gasteiger partial charge in [0.05, 0.1) is 0 Å². The van der Waals surface area contributed by atoms with E-state index in [4.69, 9.17) is 9.47 Å². The van der Waals surface area contributed by atoms with Gasteiger partial charge >= 0.3 is 80.2 Å². The van der Waals surface area contributed by atoms with Gasteiger partial charge in [-0.05, 0) is 0 Å². The first-order valence-corrected chi connectivity index (χ1v) is 4.53. The molecule has 64 valence electrons. The molecule has 1 rings (SSSR count). The first-order chi connectivity index (χ1) is 5.83. The first-order valence-electron chi connectivity index (χ1n) is 3.59. The monoisotopic (exact) mass is 227 g/mol. The molecule has 4 heteroatoms. The molecule has 0 spiro atoms. The molecular weight excluding hydrogens is 217 g/mol. The van der Waals surface area contributed by atoms with Gasteiger partial charge in [0.25, 0.3) is 0 Å². The molecule has 0 aliphatic heterocycles. The average Bonchev–Trinajstić information content (AvgIpc) is 2.05. The van der Waals surface area contributed by atoms with E-state index in [9.17, 15) is 0 Å². The van der Waals surface area contributed by atoms with E-state index in [2.05, 4.69) is 21.8 Å². The van der Waals surface area contributed by atoms with Crippen molar-refractivity contribution >= 4 is 21.3 Å². The number of aromatic nitrogens is 1. The molecule has 1 heterocycles. The van der Waals surface area contributed by atoms with Gasteiger partial charge in [0.15, 0.2) is 0 Å². The molecule has 0 bridgehead atoms. The summed E-state index contributed by atoms with van der Waals surface area (Å²) < 4.78 is 11.1. The van der Waals surface area contributed by atoms with Gasteiger partial charge in [0.1, 0.15) is 0 Å². The molecule has 0 aromatic carbocycles. The van der Waals surface area contributed by atoms with Crippen molar-refractivity contribution in [1.82, 2.24) is 4.98 Å². The summed E-state index contributed by atoms with van der Waals surface area (Å²) in [5.74, 6) is 0.831. The third kappa shape index (κ3) is 3.24. The van der Waals surface area contributed by atoms with Crippen molar-refractivity contribution < 1.29 is 9.47 Å². The topological polar surface area (TPSA) is 31.4 Å². The van der Waals surface area contributed by atoms with Crippen molar-refractivity contribution in [3.63, 3.8) is 0 Å². The van der Waals surface area contributed by atoms with Crippen LogP contribution in [0.3, 0.4) is 0 Å². The number of methoxy groups -OCH3 is 1. The van der Waals surface area contributed by atoms with Crippen molar-refractivity contribution in [3.05, 3.63) is 18.3 Å². The molecule has 1 aromatic rings. The van der Waals surface area contributed by atoms with Crippen LogP contribution >= 0.6 is 0 Å². The summed E-state index contributed by atoms with van der Waals surface area (Å²) in [6.07, 6.45) is 1.72. The van der Waals surface area contributed by atoms with Crippen molar-refractivity contribution in [2.45, 2.75) is 0 Å². The molecule has 1 aromatic heterocycles. The second kappa shape index (κ2) is 5.17. The number of hydrogen-bond donors (Lipinski definition) is 0. The Labute approximate surface area is 80.6 Å². The van der Waals surface area contributed by atoms with Gasteiger partial charge in [-0.25, -0.2) is 0 Å². The molecule has 12 heavy (non-hydrogen) atoms. The van der Waals surface area contributed by atoms with E-state index < -0.39 is 0 Å². The van der Waals surface area contributed by atoms with Crippen LogP contribution in [0.25, 0.3) is 0 Å². The van der Waals surface area contributed by atoms with E-state index in [1.165, 1.54) is 0 Å². The van der Waals surface area contributed by atoms with Crippen LogP contribution in [0.5, 0.6) is 5.75 Å². The van der Waals surface area contributed by atoms with Crippen LogP contribution in [-0.4, -0.2) is 42.2 Å². The predicted molar refractivity (Wildman–Crippen MR) is 47.0 cm³/mol. The fraction of sp³-hybridized carbons (Fsp3) is 0.375. The number of nitrogens with zero attached hydrogens (tertiary/aromatic N) is 1. The second-order valence-corrected chi connectivity index (χ2v) is 3.15. The molecule has 0 saturated carbocycles. The van der Waals surface area contributed by atoms with E-state index in [1.54, 1.807) is 13.3 Å². The van der Waals surface area contributed by atoms with E-state index in [0.29, 0.717) is 13.2 Å². The molecule has 0 aliphatic carbocycles. The van der Waals surface area contributed by atoms with Gasteiger partial charge in [0, 0.05) is 0 Å². The van der Waals surface area contributed by atoms with E-state index in [-0.39, 0.29) is 0 Å². The molecule has 0 amide bonds. The summed E-state index contributed by atoms with van der Waals surface area (Å²) in [5, 5.41) is 0. The number of rotatable bonds is 4. The molecule has 2 radical (unpaired) electrons. The Kier molecular flexibility index (Phi) is 4.12. The SMILES string of the molecule is COCCOc1ccnc([As])c1. The fourth-order valence-corrected chi connectivity index (χ4v) is 1.14. The van der Waals surface area contributed by atoms with Gasteiger partial charge in [-0.3, -0.25) is 0 Å². The van der Waals surface area contributed by atoms with Crippen molar-refractivity contribution in [1.29, 1.82) is 0 Å². The number of hydrogen-bond acceptors (Lipinski definition) is 3. The van der Waals surface area contributed by atoms with Crippen LogP contribution in [-0.2, 0) is 4.74 Å². The van der Waals surface area contributed by atoms with Gasteiger partial charge in [-0.2, -0.15) is 0 Å². The molecule has 3 nitrogen and oxygen atoms in total. The standard InChI is InChI=1S/C8H10AsNO2/c1-11-4-5-12-7-2-3-10-8(9)6-7/h2-3,6H,4-5H2,1H3. The van der Waals surface area contributed by atoms with Gasteiger partial charge in [-0.1, -0.05) is 0 Å². The zero-order valence-electron chi connectivity index (χ0n) is 6.86. The predicted octanol–water partition coefficient (Wildman–Crippen LogP) is -0.0994. The quantitative estimate of drug-likeness (QED) is 0.531. The Balaban J connectivity index is 2.41. The third-order valence-electron chi connectivity index (χ3n) is 1.27. The molecule has 0 unspecified atom stereocenters. The Morgan fingerprint density at radius 2 is 2.33 bits per heavy atom. The number of ether oxygens (including phenoxy) is 2. The van der Waals surface area contributed by atoms with Crippen molar-refractivity contribution in [2.24, 2.45) is 0 Å². The van der Waals surface area contributed by atoms with E-state index >= 15 is 0 Å². The Bertz CT molecular complexity index is 242. The van der Waals surface area contributed by atoms with Crippen LogP contribution in [0.15, 0.2) is 18.3 Å². The van der Waals surface area contributed by atoms with Crippen LogP contribution in [0, 0.1) is 0 Å². The molecule has 0 fully saturated rings. The summed E-state index contributed by atoms with van der Waals surface area (Å²) in [7, 11) is 1.65. The summed E-state index contributed by atoms with van der Waals surface area (Å²) in [6.45, 7) is 1.18. The summed E-state index contributed by atoms with van der Waals surface area (Å²) in [6, 6.07) is 3.70. The summed E-state index contributed by atoms with van der Waals surface area (Å²) in [4.78, 5) is 4.03. The van der Waals surface area contributed by atoms with Crippen LogP contribution in [0.1, 0.15) is 0 Å². The third-order valence-corrected chi connectivity index (χ3v) is 1.79. The van der Waals surface area contributed by atoms with E-state index in [0.717, 1.165) is 10.2 Å². The van der Waals surface area contributed by atoms with Crippen molar-refractivity contribution in [3.8, 4) is 5.75 Å². The van der Waals surface area contributed by atoms with Crippen LogP contribution in [0.2, 0.25) is 0 Å². The van der Waals surface area contributed by atoms with Crippen molar-refractivity contribution in [2.75, 3.05) is 20.3 Å². The number of pyridine rings is 1. The molecule has 0 atom stereocenters. The van der Waals surface area contributed by atoms with Gasteiger partial charge in [0.2, 0.25) is 0 Å². The van der Waals surface area contributed by atoms with Gasteiger partial charge < -0.3 is 0 Å². The summed E-state index contributed by atoms with van der Waals surface area (Å²) >= 11 is 2.37. The minimum atomic E-state index is 0.576. The Hall–Kier alpha value is -0.532. The van der Waals surface area contributed by atoms with E-state index in [1.807, 2.05) is 12.1 Å². The van der Waals surface area contributed by atoms with Crippen LogP contribution < -0.4 is 9.22 Å². The second-order valence-electron chi connectivity index (χ2n) is 2.19. The Morgan fingerprint density at radius 1 is 1.50 bits per heavy atom.